The van der Waals surface area contributed by atoms with E-state index in [2.05, 4.69) is 52.0 Å². The molecule has 0 atom stereocenters. The average molecular weight is 363 g/mol. The van der Waals surface area contributed by atoms with Crippen molar-refractivity contribution in [3.05, 3.63) is 58.0 Å². The van der Waals surface area contributed by atoms with Gasteiger partial charge in [0.05, 0.1) is 0 Å². The lowest BCUT2D eigenvalue weighted by Crippen LogP contribution is -2.48. The Morgan fingerprint density at radius 1 is 1.14 bits per heavy atom. The van der Waals surface area contributed by atoms with Crippen LogP contribution in [-0.4, -0.2) is 41.9 Å². The summed E-state index contributed by atoms with van der Waals surface area (Å²) in [6.45, 7) is 6.35. The van der Waals surface area contributed by atoms with E-state index in [1.54, 1.807) is 12.1 Å². The van der Waals surface area contributed by atoms with Gasteiger partial charge in [-0.15, -0.1) is 0 Å². The maximum Gasteiger partial charge on any atom is 0.289 e. The van der Waals surface area contributed by atoms with Gasteiger partial charge in [0.25, 0.3) is 5.91 Å². The number of nitrogens with zero attached hydrogens (tertiary/aromatic N) is 2. The summed E-state index contributed by atoms with van der Waals surface area (Å²) in [5.74, 6) is 0.375. The highest BCUT2D eigenvalue weighted by atomic mass is 79.9. The minimum atomic E-state index is -0.0266. The Kier molecular flexibility index (Phi) is 4.64. The van der Waals surface area contributed by atoms with Gasteiger partial charge in [0, 0.05) is 32.7 Å². The number of furan rings is 1. The Morgan fingerprint density at radius 2 is 1.86 bits per heavy atom. The molecule has 1 fully saturated rings. The van der Waals surface area contributed by atoms with Crippen LogP contribution in [0.2, 0.25) is 0 Å². The molecule has 0 saturated carbocycles. The van der Waals surface area contributed by atoms with Crippen molar-refractivity contribution in [2.24, 2.45) is 0 Å². The lowest BCUT2D eigenvalue weighted by Gasteiger charge is -2.34. The second kappa shape index (κ2) is 6.67. The van der Waals surface area contributed by atoms with E-state index in [-0.39, 0.29) is 5.91 Å². The van der Waals surface area contributed by atoms with Crippen molar-refractivity contribution in [3.8, 4) is 0 Å². The van der Waals surface area contributed by atoms with Gasteiger partial charge in [-0.05, 0) is 46.1 Å². The molecule has 1 amide bonds. The van der Waals surface area contributed by atoms with Crippen LogP contribution in [0.3, 0.4) is 0 Å². The molecular weight excluding hydrogens is 344 g/mol. The zero-order valence-corrected chi connectivity index (χ0v) is 14.2. The zero-order valence-electron chi connectivity index (χ0n) is 12.6. The van der Waals surface area contributed by atoms with Gasteiger partial charge in [0.15, 0.2) is 10.4 Å². The normalized spacial score (nSPS) is 16.0. The number of carbonyl (C=O) groups is 1. The predicted molar refractivity (Wildman–Crippen MR) is 88.8 cm³/mol. The minimum Gasteiger partial charge on any atom is -0.444 e. The van der Waals surface area contributed by atoms with Crippen molar-refractivity contribution in [1.29, 1.82) is 0 Å². The third kappa shape index (κ3) is 3.42. The zero-order chi connectivity index (χ0) is 15.5. The number of aryl methyl sites for hydroxylation is 1. The second-order valence-electron chi connectivity index (χ2n) is 5.60. The highest BCUT2D eigenvalue weighted by molar-refractivity contribution is 9.10. The molecule has 0 spiro atoms. The first-order chi connectivity index (χ1) is 10.6. The molecule has 4 nitrogen and oxygen atoms in total. The Balaban J connectivity index is 1.56. The predicted octanol–water partition coefficient (Wildman–Crippen LogP) is 3.31. The summed E-state index contributed by atoms with van der Waals surface area (Å²) in [6, 6.07) is 11.9. The van der Waals surface area contributed by atoms with Crippen molar-refractivity contribution in [2.45, 2.75) is 13.5 Å². The largest absolute Gasteiger partial charge is 0.444 e. The van der Waals surface area contributed by atoms with Crippen molar-refractivity contribution < 1.29 is 9.21 Å². The molecule has 1 saturated heterocycles. The number of halogens is 1. The Bertz CT molecular complexity index is 660. The topological polar surface area (TPSA) is 36.7 Å². The van der Waals surface area contributed by atoms with E-state index < -0.39 is 0 Å². The Labute approximate surface area is 138 Å². The molecule has 3 rings (SSSR count). The van der Waals surface area contributed by atoms with Crippen LogP contribution >= 0.6 is 15.9 Å². The fourth-order valence-corrected chi connectivity index (χ4v) is 3.03. The van der Waals surface area contributed by atoms with E-state index in [0.29, 0.717) is 10.4 Å². The molecule has 0 N–H and O–H groups in total. The molecular formula is C17H19BrN2O2. The summed E-state index contributed by atoms with van der Waals surface area (Å²) < 4.78 is 5.94. The molecule has 1 aliphatic heterocycles. The molecule has 1 aromatic heterocycles. The second-order valence-corrected chi connectivity index (χ2v) is 6.38. The van der Waals surface area contributed by atoms with E-state index in [9.17, 15) is 4.79 Å². The third-order valence-corrected chi connectivity index (χ3v) is 4.52. The van der Waals surface area contributed by atoms with Crippen molar-refractivity contribution in [1.82, 2.24) is 9.80 Å². The molecule has 1 aromatic carbocycles. The van der Waals surface area contributed by atoms with E-state index >= 15 is 0 Å². The standard InChI is InChI=1S/C17H19BrN2O2/c1-13-4-2-3-5-14(13)12-19-8-10-20(11-9-19)17(21)15-6-7-16(18)22-15/h2-7H,8-12H2,1H3. The summed E-state index contributed by atoms with van der Waals surface area (Å²) in [5.41, 5.74) is 2.68. The lowest BCUT2D eigenvalue weighted by atomic mass is 10.1. The fraction of sp³-hybridized carbons (Fsp3) is 0.353. The van der Waals surface area contributed by atoms with Gasteiger partial charge in [-0.1, -0.05) is 24.3 Å². The molecule has 0 aliphatic carbocycles. The van der Waals surface area contributed by atoms with Gasteiger partial charge in [-0.2, -0.15) is 0 Å². The van der Waals surface area contributed by atoms with E-state index in [1.807, 2.05) is 4.90 Å². The SMILES string of the molecule is Cc1ccccc1CN1CCN(C(=O)c2ccc(Br)o2)CC1. The molecule has 116 valence electrons. The number of benzene rings is 1. The first-order valence-corrected chi connectivity index (χ1v) is 8.24. The van der Waals surface area contributed by atoms with E-state index in [4.69, 9.17) is 4.42 Å². The quantitative estimate of drug-likeness (QED) is 0.840. The highest BCUT2D eigenvalue weighted by Gasteiger charge is 2.24. The summed E-state index contributed by atoms with van der Waals surface area (Å²) in [5, 5.41) is 0. The van der Waals surface area contributed by atoms with Crippen LogP contribution < -0.4 is 0 Å². The maximum absolute atomic E-state index is 12.3. The number of piperazine rings is 1. The van der Waals surface area contributed by atoms with Crippen LogP contribution in [0.1, 0.15) is 21.7 Å². The van der Waals surface area contributed by atoms with Gasteiger partial charge < -0.3 is 9.32 Å². The van der Waals surface area contributed by atoms with Crippen molar-refractivity contribution >= 4 is 21.8 Å². The number of hydrogen-bond acceptors (Lipinski definition) is 3. The van der Waals surface area contributed by atoms with Gasteiger partial charge in [-0.25, -0.2) is 0 Å². The monoisotopic (exact) mass is 362 g/mol. The van der Waals surface area contributed by atoms with Crippen LogP contribution in [0.25, 0.3) is 0 Å². The summed E-state index contributed by atoms with van der Waals surface area (Å²) >= 11 is 3.23. The van der Waals surface area contributed by atoms with Crippen molar-refractivity contribution in [3.63, 3.8) is 0 Å². The summed E-state index contributed by atoms with van der Waals surface area (Å²) in [7, 11) is 0. The first kappa shape index (κ1) is 15.3. The molecule has 0 radical (unpaired) electrons. The van der Waals surface area contributed by atoms with E-state index in [1.165, 1.54) is 11.1 Å². The minimum absolute atomic E-state index is 0.0266. The van der Waals surface area contributed by atoms with Crippen molar-refractivity contribution in [2.75, 3.05) is 26.2 Å². The molecule has 2 aromatic rings. The number of hydrogen-bond donors (Lipinski definition) is 0. The molecule has 0 unspecified atom stereocenters. The maximum atomic E-state index is 12.3. The van der Waals surface area contributed by atoms with Gasteiger partial charge in [0.1, 0.15) is 0 Å². The lowest BCUT2D eigenvalue weighted by molar-refractivity contribution is 0.0596. The number of amides is 1. The summed E-state index contributed by atoms with van der Waals surface area (Å²) in [4.78, 5) is 16.6. The molecule has 1 aliphatic rings. The number of carbonyl (C=O) groups excluding carboxylic acids is 1. The van der Waals surface area contributed by atoms with Crippen LogP contribution in [0.5, 0.6) is 0 Å². The summed E-state index contributed by atoms with van der Waals surface area (Å²) in [6.07, 6.45) is 0. The molecule has 0 bridgehead atoms. The van der Waals surface area contributed by atoms with Crippen LogP contribution in [0.4, 0.5) is 0 Å². The number of rotatable bonds is 3. The van der Waals surface area contributed by atoms with Crippen LogP contribution in [0.15, 0.2) is 45.5 Å². The van der Waals surface area contributed by atoms with E-state index in [0.717, 1.165) is 32.7 Å². The first-order valence-electron chi connectivity index (χ1n) is 7.45. The van der Waals surface area contributed by atoms with Gasteiger partial charge in [-0.3, -0.25) is 9.69 Å². The fourth-order valence-electron chi connectivity index (χ4n) is 2.72. The van der Waals surface area contributed by atoms with Gasteiger partial charge >= 0.3 is 0 Å². The smallest absolute Gasteiger partial charge is 0.289 e. The Morgan fingerprint density at radius 3 is 2.50 bits per heavy atom. The third-order valence-electron chi connectivity index (χ3n) is 4.10. The van der Waals surface area contributed by atoms with Gasteiger partial charge in [0.2, 0.25) is 0 Å². The Hall–Kier alpha value is -1.59. The van der Waals surface area contributed by atoms with Crippen LogP contribution in [0, 0.1) is 6.92 Å². The molecule has 22 heavy (non-hydrogen) atoms. The van der Waals surface area contributed by atoms with Crippen LogP contribution in [-0.2, 0) is 6.54 Å². The molecule has 5 heteroatoms. The highest BCUT2D eigenvalue weighted by Crippen LogP contribution is 2.17. The molecule has 2 heterocycles. The average Bonchev–Trinajstić information content (AvgIpc) is 2.96.